The molecular formula is C15H21N3O2S2. The molecule has 22 heavy (non-hydrogen) atoms. The van der Waals surface area contributed by atoms with Crippen LogP contribution in [0.25, 0.3) is 0 Å². The van der Waals surface area contributed by atoms with Gasteiger partial charge in [0, 0.05) is 12.3 Å². The summed E-state index contributed by atoms with van der Waals surface area (Å²) in [6.45, 7) is 11.9. The SMILES string of the molecule is CC(=O)Nc1ncc(SC(C)(C)c2ncc(C(C)(C)C)o2)s1. The quantitative estimate of drug-likeness (QED) is 0.835. The number of aromatic nitrogens is 2. The number of hydrogen-bond donors (Lipinski definition) is 1. The summed E-state index contributed by atoms with van der Waals surface area (Å²) in [4.78, 5) is 19.7. The number of anilines is 1. The number of carbonyl (C=O) groups is 1. The molecule has 2 rings (SSSR count). The fourth-order valence-corrected chi connectivity index (χ4v) is 4.12. The fourth-order valence-electron chi connectivity index (χ4n) is 1.71. The Morgan fingerprint density at radius 3 is 2.45 bits per heavy atom. The molecular weight excluding hydrogens is 318 g/mol. The summed E-state index contributed by atoms with van der Waals surface area (Å²) < 4.78 is 6.63. The van der Waals surface area contributed by atoms with E-state index >= 15 is 0 Å². The minimum absolute atomic E-state index is 0.0605. The second-order valence-electron chi connectivity index (χ2n) is 6.56. The number of hydrogen-bond acceptors (Lipinski definition) is 6. The third-order valence-corrected chi connectivity index (χ3v) is 5.08. The number of thioether (sulfide) groups is 1. The molecule has 0 spiro atoms. The average molecular weight is 339 g/mol. The number of rotatable bonds is 4. The molecule has 0 aliphatic rings. The molecule has 2 heterocycles. The van der Waals surface area contributed by atoms with E-state index in [4.69, 9.17) is 4.42 Å². The predicted molar refractivity (Wildman–Crippen MR) is 90.5 cm³/mol. The Morgan fingerprint density at radius 2 is 1.91 bits per heavy atom. The molecule has 2 aromatic rings. The van der Waals surface area contributed by atoms with E-state index in [0.29, 0.717) is 11.0 Å². The third-order valence-electron chi connectivity index (χ3n) is 2.88. The normalized spacial score (nSPS) is 12.5. The molecule has 5 nitrogen and oxygen atoms in total. The zero-order valence-electron chi connectivity index (χ0n) is 13.7. The molecule has 0 fully saturated rings. The van der Waals surface area contributed by atoms with Gasteiger partial charge >= 0.3 is 0 Å². The van der Waals surface area contributed by atoms with Gasteiger partial charge in [0.2, 0.25) is 11.8 Å². The van der Waals surface area contributed by atoms with Crippen LogP contribution in [0.3, 0.4) is 0 Å². The van der Waals surface area contributed by atoms with Crippen molar-refractivity contribution in [2.24, 2.45) is 0 Å². The van der Waals surface area contributed by atoms with Gasteiger partial charge in [-0.3, -0.25) is 4.79 Å². The summed E-state index contributed by atoms with van der Waals surface area (Å²) in [5, 5.41) is 3.30. The molecule has 7 heteroatoms. The van der Waals surface area contributed by atoms with Crippen LogP contribution < -0.4 is 5.32 Å². The van der Waals surface area contributed by atoms with Crippen molar-refractivity contribution in [3.05, 3.63) is 24.0 Å². The summed E-state index contributed by atoms with van der Waals surface area (Å²) in [5.74, 6) is 1.45. The van der Waals surface area contributed by atoms with Gasteiger partial charge in [-0.25, -0.2) is 9.97 Å². The molecule has 2 aromatic heterocycles. The van der Waals surface area contributed by atoms with Gasteiger partial charge in [-0.05, 0) is 13.8 Å². The largest absolute Gasteiger partial charge is 0.444 e. The molecule has 120 valence electrons. The monoisotopic (exact) mass is 339 g/mol. The Bertz CT molecular complexity index is 668. The lowest BCUT2D eigenvalue weighted by Gasteiger charge is -2.19. The maximum absolute atomic E-state index is 11.0. The zero-order chi connectivity index (χ0) is 16.5. The molecule has 0 bridgehead atoms. The minimum Gasteiger partial charge on any atom is -0.444 e. The molecule has 0 unspecified atom stereocenters. The Morgan fingerprint density at radius 1 is 1.23 bits per heavy atom. The summed E-state index contributed by atoms with van der Waals surface area (Å²) >= 11 is 3.06. The van der Waals surface area contributed by atoms with Gasteiger partial charge in [-0.2, -0.15) is 0 Å². The van der Waals surface area contributed by atoms with Crippen LogP contribution in [-0.2, 0) is 15.0 Å². The van der Waals surface area contributed by atoms with Gasteiger partial charge in [0.15, 0.2) is 5.13 Å². The van der Waals surface area contributed by atoms with Crippen LogP contribution in [0.1, 0.15) is 53.2 Å². The maximum Gasteiger partial charge on any atom is 0.223 e. The first-order chi connectivity index (χ1) is 10.1. The topological polar surface area (TPSA) is 68.0 Å². The third kappa shape index (κ3) is 4.10. The van der Waals surface area contributed by atoms with Gasteiger partial charge < -0.3 is 9.73 Å². The molecule has 0 saturated heterocycles. The smallest absolute Gasteiger partial charge is 0.223 e. The molecule has 0 atom stereocenters. The van der Waals surface area contributed by atoms with Crippen molar-refractivity contribution in [2.45, 2.75) is 55.9 Å². The standard InChI is InChI=1S/C15H21N3O2S2/c1-9(19)18-13-17-8-11(21-13)22-15(5,6)12-16-7-10(20-12)14(2,3)4/h7-8H,1-6H3,(H,17,18,19). The predicted octanol–water partition coefficient (Wildman–Crippen LogP) is 4.41. The number of oxazole rings is 1. The van der Waals surface area contributed by atoms with Crippen LogP contribution in [0.4, 0.5) is 5.13 Å². The molecule has 0 aliphatic heterocycles. The van der Waals surface area contributed by atoms with E-state index in [2.05, 4.69) is 49.9 Å². The Hall–Kier alpha value is -1.34. The highest BCUT2D eigenvalue weighted by atomic mass is 32.2. The molecule has 0 radical (unpaired) electrons. The van der Waals surface area contributed by atoms with Crippen LogP contribution in [0.2, 0.25) is 0 Å². The lowest BCUT2D eigenvalue weighted by molar-refractivity contribution is -0.114. The number of nitrogens with one attached hydrogen (secondary N) is 1. The number of carbonyl (C=O) groups excluding carboxylic acids is 1. The van der Waals surface area contributed by atoms with Crippen molar-refractivity contribution in [3.8, 4) is 0 Å². The second-order valence-corrected chi connectivity index (χ2v) is 9.51. The first kappa shape index (κ1) is 17.0. The molecule has 1 amide bonds. The number of thiazole rings is 1. The Kier molecular flexibility index (Phi) is 4.67. The summed E-state index contributed by atoms with van der Waals surface area (Å²) in [5.41, 5.74) is -0.0605. The van der Waals surface area contributed by atoms with Gasteiger partial charge in [0.05, 0.1) is 21.3 Å². The number of nitrogens with zero attached hydrogens (tertiary/aromatic N) is 2. The fraction of sp³-hybridized carbons (Fsp3) is 0.533. The van der Waals surface area contributed by atoms with E-state index in [1.807, 2.05) is 0 Å². The second kappa shape index (κ2) is 6.04. The minimum atomic E-state index is -0.316. The average Bonchev–Trinajstić information content (AvgIpc) is 2.96. The Labute approximate surface area is 138 Å². The van der Waals surface area contributed by atoms with E-state index in [1.54, 1.807) is 24.2 Å². The molecule has 1 N–H and O–H groups in total. The Balaban J connectivity index is 2.15. The first-order valence-corrected chi connectivity index (χ1v) is 8.60. The number of amides is 1. The van der Waals surface area contributed by atoms with Crippen molar-refractivity contribution in [1.82, 2.24) is 9.97 Å². The van der Waals surface area contributed by atoms with E-state index in [0.717, 1.165) is 9.97 Å². The van der Waals surface area contributed by atoms with E-state index in [9.17, 15) is 4.79 Å². The van der Waals surface area contributed by atoms with E-state index in [-0.39, 0.29) is 16.1 Å². The van der Waals surface area contributed by atoms with Crippen LogP contribution in [0.5, 0.6) is 0 Å². The highest BCUT2D eigenvalue weighted by Crippen LogP contribution is 2.44. The molecule has 0 aromatic carbocycles. The van der Waals surface area contributed by atoms with Gasteiger partial charge in [-0.15, -0.1) is 0 Å². The van der Waals surface area contributed by atoms with E-state index < -0.39 is 0 Å². The highest BCUT2D eigenvalue weighted by Gasteiger charge is 2.30. The van der Waals surface area contributed by atoms with Gasteiger partial charge in [-0.1, -0.05) is 43.9 Å². The van der Waals surface area contributed by atoms with Gasteiger partial charge in [0.25, 0.3) is 0 Å². The summed E-state index contributed by atoms with van der Waals surface area (Å²) in [6.07, 6.45) is 3.56. The first-order valence-electron chi connectivity index (χ1n) is 6.97. The van der Waals surface area contributed by atoms with Gasteiger partial charge in [0.1, 0.15) is 5.76 Å². The van der Waals surface area contributed by atoms with Crippen molar-refractivity contribution in [1.29, 1.82) is 0 Å². The van der Waals surface area contributed by atoms with Crippen molar-refractivity contribution in [2.75, 3.05) is 5.32 Å². The van der Waals surface area contributed by atoms with Crippen molar-refractivity contribution >= 4 is 34.1 Å². The highest BCUT2D eigenvalue weighted by molar-refractivity contribution is 8.02. The molecule has 0 saturated carbocycles. The summed E-state index contributed by atoms with van der Waals surface area (Å²) in [7, 11) is 0. The van der Waals surface area contributed by atoms with Crippen LogP contribution in [0.15, 0.2) is 21.0 Å². The van der Waals surface area contributed by atoms with Crippen molar-refractivity contribution in [3.63, 3.8) is 0 Å². The van der Waals surface area contributed by atoms with E-state index in [1.165, 1.54) is 18.3 Å². The lowest BCUT2D eigenvalue weighted by Crippen LogP contribution is -2.13. The zero-order valence-corrected chi connectivity index (χ0v) is 15.3. The lowest BCUT2D eigenvalue weighted by atomic mass is 9.94. The van der Waals surface area contributed by atoms with Crippen LogP contribution in [-0.4, -0.2) is 15.9 Å². The maximum atomic E-state index is 11.0. The van der Waals surface area contributed by atoms with Crippen LogP contribution in [0, 0.1) is 0 Å². The molecule has 0 aliphatic carbocycles. The summed E-state index contributed by atoms with van der Waals surface area (Å²) in [6, 6.07) is 0. The van der Waals surface area contributed by atoms with Crippen molar-refractivity contribution < 1.29 is 9.21 Å². The van der Waals surface area contributed by atoms with Crippen LogP contribution >= 0.6 is 23.1 Å².